The molecule has 10 heteroatoms. The zero-order valence-electron chi connectivity index (χ0n) is 18.8. The molecule has 1 unspecified atom stereocenters. The van der Waals surface area contributed by atoms with Crippen molar-refractivity contribution < 1.29 is 33.0 Å². The van der Waals surface area contributed by atoms with Gasteiger partial charge in [-0.05, 0) is 69.6 Å². The molecule has 0 radical (unpaired) electrons. The number of hydrogen-bond acceptors (Lipinski definition) is 5. The van der Waals surface area contributed by atoms with Crippen LogP contribution in [0.2, 0.25) is 0 Å². The first-order chi connectivity index (χ1) is 15.8. The minimum Gasteiger partial charge on any atom is -0.389 e. The summed E-state index contributed by atoms with van der Waals surface area (Å²) in [7, 11) is 0. The fourth-order valence-electron chi connectivity index (χ4n) is 4.89. The maximum Gasteiger partial charge on any atom is 0.421 e. The Morgan fingerprint density at radius 2 is 1.65 bits per heavy atom. The zero-order chi connectivity index (χ0) is 24.9. The molecule has 0 aromatic heterocycles. The number of alkyl halides is 3. The van der Waals surface area contributed by atoms with Crippen molar-refractivity contribution in [3.63, 3.8) is 0 Å². The van der Waals surface area contributed by atoms with Crippen LogP contribution >= 0.6 is 11.8 Å². The van der Waals surface area contributed by atoms with Crippen molar-refractivity contribution in [2.24, 2.45) is 5.73 Å². The van der Waals surface area contributed by atoms with Gasteiger partial charge in [0.15, 0.2) is 5.60 Å². The highest BCUT2D eigenvalue weighted by atomic mass is 32.2. The van der Waals surface area contributed by atoms with Crippen LogP contribution in [0, 0.1) is 0 Å². The summed E-state index contributed by atoms with van der Waals surface area (Å²) in [6.07, 6.45) is 1.42. The summed E-state index contributed by atoms with van der Waals surface area (Å²) < 4.78 is 39.4. The second-order valence-corrected chi connectivity index (χ2v) is 10.9. The normalized spacial score (nSPS) is 29.3. The number of carbonyl (C=O) groups excluding carboxylic acids is 2. The summed E-state index contributed by atoms with van der Waals surface area (Å²) >= 11 is 1.32. The Bertz CT molecular complexity index is 981. The number of benzene rings is 1. The van der Waals surface area contributed by atoms with Gasteiger partial charge in [0, 0.05) is 22.9 Å². The maximum absolute atomic E-state index is 13.3. The van der Waals surface area contributed by atoms with Crippen molar-refractivity contribution >= 4 is 23.6 Å². The van der Waals surface area contributed by atoms with E-state index in [4.69, 9.17) is 5.73 Å². The van der Waals surface area contributed by atoms with Gasteiger partial charge in [0.25, 0.3) is 11.8 Å². The Hall–Kier alpha value is -2.04. The van der Waals surface area contributed by atoms with E-state index in [1.807, 2.05) is 4.90 Å². The van der Waals surface area contributed by atoms with E-state index >= 15 is 0 Å². The lowest BCUT2D eigenvalue weighted by Crippen LogP contribution is -2.50. The van der Waals surface area contributed by atoms with E-state index in [9.17, 15) is 33.0 Å². The molecule has 1 aliphatic heterocycles. The van der Waals surface area contributed by atoms with E-state index in [-0.39, 0.29) is 34.4 Å². The Morgan fingerprint density at radius 3 is 2.12 bits per heavy atom. The van der Waals surface area contributed by atoms with Gasteiger partial charge >= 0.3 is 6.18 Å². The number of primary amides is 1. The molecule has 0 spiro atoms. The second kappa shape index (κ2) is 8.87. The van der Waals surface area contributed by atoms with Crippen LogP contribution < -0.4 is 5.73 Å². The average molecular weight is 499 g/mol. The number of rotatable bonds is 6. The fraction of sp³-hybridized carbons (Fsp3) is 0.583. The summed E-state index contributed by atoms with van der Waals surface area (Å²) in [5.74, 6) is -0.734. The van der Waals surface area contributed by atoms with Crippen molar-refractivity contribution in [3.8, 4) is 0 Å². The number of nitrogens with two attached hydrogens (primary N) is 1. The molecule has 0 saturated heterocycles. The van der Waals surface area contributed by atoms with Crippen LogP contribution in [0.1, 0.15) is 67.8 Å². The molecular weight excluding hydrogens is 469 g/mol. The molecule has 2 atom stereocenters. The minimum atomic E-state index is -4.83. The van der Waals surface area contributed by atoms with Crippen LogP contribution in [0.3, 0.4) is 0 Å². The molecule has 34 heavy (non-hydrogen) atoms. The van der Waals surface area contributed by atoms with Gasteiger partial charge in [0.1, 0.15) is 0 Å². The van der Waals surface area contributed by atoms with Crippen LogP contribution in [0.5, 0.6) is 0 Å². The van der Waals surface area contributed by atoms with Crippen LogP contribution in [0.4, 0.5) is 13.2 Å². The zero-order valence-corrected chi connectivity index (χ0v) is 19.7. The third-order valence-corrected chi connectivity index (χ3v) is 8.80. The first kappa shape index (κ1) is 25.1. The number of aliphatic hydroxyl groups is 2. The van der Waals surface area contributed by atoms with Crippen LogP contribution in [0.15, 0.2) is 35.2 Å². The van der Waals surface area contributed by atoms with Crippen molar-refractivity contribution in [2.75, 3.05) is 0 Å². The van der Waals surface area contributed by atoms with Crippen molar-refractivity contribution in [3.05, 3.63) is 46.4 Å². The predicted molar refractivity (Wildman–Crippen MR) is 122 cm³/mol. The molecule has 186 valence electrons. The summed E-state index contributed by atoms with van der Waals surface area (Å²) in [6, 6.07) is 4.97. The van der Waals surface area contributed by atoms with Gasteiger partial charge in [-0.3, -0.25) is 9.59 Å². The molecule has 1 heterocycles. The third kappa shape index (κ3) is 4.72. The van der Waals surface area contributed by atoms with Gasteiger partial charge in [-0.15, -0.1) is 11.8 Å². The van der Waals surface area contributed by atoms with Gasteiger partial charge in [-0.25, -0.2) is 0 Å². The van der Waals surface area contributed by atoms with Crippen LogP contribution in [-0.4, -0.2) is 56.0 Å². The number of carbonyl (C=O) groups is 2. The molecule has 0 bridgehead atoms. The minimum absolute atomic E-state index is 0.0757. The smallest absolute Gasteiger partial charge is 0.389 e. The van der Waals surface area contributed by atoms with E-state index in [2.05, 4.69) is 0 Å². The average Bonchev–Trinajstić information content (AvgIpc) is 3.47. The summed E-state index contributed by atoms with van der Waals surface area (Å²) in [4.78, 5) is 27.1. The van der Waals surface area contributed by atoms with Gasteiger partial charge < -0.3 is 20.8 Å². The monoisotopic (exact) mass is 498 g/mol. The highest BCUT2D eigenvalue weighted by Gasteiger charge is 2.51. The number of hydrogen-bond donors (Lipinski definition) is 3. The Labute approximate surface area is 200 Å². The van der Waals surface area contributed by atoms with Crippen molar-refractivity contribution in [1.29, 1.82) is 0 Å². The lowest BCUT2D eigenvalue weighted by Gasteiger charge is -2.43. The molecule has 2 amide bonds. The van der Waals surface area contributed by atoms with E-state index in [0.29, 0.717) is 43.9 Å². The molecule has 2 saturated carbocycles. The second-order valence-electron chi connectivity index (χ2n) is 9.70. The van der Waals surface area contributed by atoms with Crippen LogP contribution in [-0.2, 0) is 10.4 Å². The molecular formula is C24H29F3N2O4S. The van der Waals surface area contributed by atoms with Gasteiger partial charge in [-0.1, -0.05) is 18.2 Å². The number of amides is 2. The molecule has 2 aliphatic carbocycles. The molecule has 4 rings (SSSR count). The van der Waals surface area contributed by atoms with E-state index < -0.39 is 23.3 Å². The first-order valence-electron chi connectivity index (χ1n) is 11.4. The molecule has 2 fully saturated rings. The summed E-state index contributed by atoms with van der Waals surface area (Å²) in [5, 5.41) is 21.0. The van der Waals surface area contributed by atoms with Gasteiger partial charge in [0.2, 0.25) is 0 Å². The number of allylic oxidation sites excluding steroid dienone is 1. The van der Waals surface area contributed by atoms with Gasteiger partial charge in [0.05, 0.1) is 10.5 Å². The standard InChI is InChI=1S/C24H29F3N2O4S/c1-22(32,24(25,26)27)15-4-2-14(3-5-15)21(31)29(16-6-7-16)17-10-12-23(33,13-11-17)19-9-8-18(34-19)20(28)30/h2-5,8,16-17,19,32-33H,6-7,9-13H2,1H3,(H2,28,30)/t17?,19?,22-,23?/m0/s1. The Balaban J connectivity index is 1.44. The Morgan fingerprint density at radius 1 is 1.09 bits per heavy atom. The topological polar surface area (TPSA) is 104 Å². The SMILES string of the molecule is C[C@](O)(c1ccc(C(=O)N(C2CC2)C2CCC(O)(C3CC=C(C(N)=O)S3)CC2)cc1)C(F)(F)F. The predicted octanol–water partition coefficient (Wildman–Crippen LogP) is 3.61. The highest BCUT2D eigenvalue weighted by Crippen LogP contribution is 2.46. The molecule has 3 aliphatic rings. The molecule has 4 N–H and O–H groups in total. The number of thioether (sulfide) groups is 1. The van der Waals surface area contributed by atoms with Crippen LogP contribution in [0.25, 0.3) is 0 Å². The number of halogens is 3. The summed E-state index contributed by atoms with van der Waals surface area (Å²) in [6.45, 7) is 0.689. The largest absolute Gasteiger partial charge is 0.421 e. The summed E-state index contributed by atoms with van der Waals surface area (Å²) in [5.41, 5.74) is 1.36. The number of nitrogens with zero attached hydrogens (tertiary/aromatic N) is 1. The van der Waals surface area contributed by atoms with E-state index in [0.717, 1.165) is 25.0 Å². The lowest BCUT2D eigenvalue weighted by atomic mass is 9.78. The quantitative estimate of drug-likeness (QED) is 0.556. The Kier molecular flexibility index (Phi) is 6.54. The van der Waals surface area contributed by atoms with Crippen molar-refractivity contribution in [1.82, 2.24) is 4.90 Å². The molecule has 1 aromatic carbocycles. The molecule has 6 nitrogen and oxygen atoms in total. The first-order valence-corrected chi connectivity index (χ1v) is 12.3. The third-order valence-electron chi connectivity index (χ3n) is 7.26. The highest BCUT2D eigenvalue weighted by molar-refractivity contribution is 8.04. The fourth-order valence-corrected chi connectivity index (χ4v) is 6.15. The maximum atomic E-state index is 13.3. The lowest BCUT2D eigenvalue weighted by molar-refractivity contribution is -0.258. The molecule has 1 aromatic rings. The van der Waals surface area contributed by atoms with Crippen molar-refractivity contribution in [2.45, 2.75) is 86.6 Å². The van der Waals surface area contributed by atoms with E-state index in [1.165, 1.54) is 23.9 Å². The van der Waals surface area contributed by atoms with E-state index in [1.54, 1.807) is 6.08 Å². The van der Waals surface area contributed by atoms with Gasteiger partial charge in [-0.2, -0.15) is 13.2 Å².